The second-order valence-electron chi connectivity index (χ2n) is 4.18. The molecule has 6 heteroatoms. The SMILES string of the molecule is CC(NS(=O)(=O)c1ccc(CBr)cc1)c1ccsc1. The number of thiophene rings is 1. The standard InChI is InChI=1S/C13H14BrNO2S2/c1-10(12-6-7-18-9-12)15-19(16,17)13-4-2-11(8-14)3-5-13/h2-7,9-10,15H,8H2,1H3. The van der Waals surface area contributed by atoms with Gasteiger partial charge in [-0.05, 0) is 47.0 Å². The Bertz CT molecular complexity index is 621. The zero-order chi connectivity index (χ0) is 13.9. The molecule has 1 heterocycles. The number of nitrogens with one attached hydrogen (secondary N) is 1. The summed E-state index contributed by atoms with van der Waals surface area (Å²) in [5, 5.41) is 4.60. The highest BCUT2D eigenvalue weighted by Gasteiger charge is 2.18. The van der Waals surface area contributed by atoms with Crippen LogP contribution in [0.1, 0.15) is 24.1 Å². The minimum Gasteiger partial charge on any atom is -0.207 e. The summed E-state index contributed by atoms with van der Waals surface area (Å²) in [6.45, 7) is 1.84. The lowest BCUT2D eigenvalue weighted by molar-refractivity contribution is 0.567. The summed E-state index contributed by atoms with van der Waals surface area (Å²) < 4.78 is 27.1. The molecule has 2 rings (SSSR count). The second-order valence-corrected chi connectivity index (χ2v) is 7.23. The van der Waals surface area contributed by atoms with Gasteiger partial charge in [0.05, 0.1) is 4.90 Å². The van der Waals surface area contributed by atoms with Crippen molar-refractivity contribution >= 4 is 37.3 Å². The Labute approximate surface area is 125 Å². The van der Waals surface area contributed by atoms with Gasteiger partial charge in [0.2, 0.25) is 10.0 Å². The molecule has 0 saturated carbocycles. The third-order valence-corrected chi connectivity index (χ3v) is 5.67. The first-order valence-corrected chi connectivity index (χ1v) is 9.27. The molecule has 0 fully saturated rings. The van der Waals surface area contributed by atoms with Crippen LogP contribution in [0.4, 0.5) is 0 Å². The number of hydrogen-bond acceptors (Lipinski definition) is 3. The highest BCUT2D eigenvalue weighted by atomic mass is 79.9. The molecule has 1 aromatic carbocycles. The van der Waals surface area contributed by atoms with Crippen LogP contribution < -0.4 is 4.72 Å². The fourth-order valence-electron chi connectivity index (χ4n) is 1.65. The Balaban J connectivity index is 2.17. The molecule has 0 aliphatic rings. The van der Waals surface area contributed by atoms with Crippen LogP contribution in [0, 0.1) is 0 Å². The molecule has 0 radical (unpaired) electrons. The highest BCUT2D eigenvalue weighted by Crippen LogP contribution is 2.19. The minimum absolute atomic E-state index is 0.230. The van der Waals surface area contributed by atoms with Crippen molar-refractivity contribution < 1.29 is 8.42 Å². The van der Waals surface area contributed by atoms with E-state index in [1.54, 1.807) is 35.6 Å². The lowest BCUT2D eigenvalue weighted by Gasteiger charge is -2.13. The maximum Gasteiger partial charge on any atom is 0.241 e. The summed E-state index contributed by atoms with van der Waals surface area (Å²) in [6.07, 6.45) is 0. The van der Waals surface area contributed by atoms with Gasteiger partial charge in [-0.2, -0.15) is 11.3 Å². The number of benzene rings is 1. The zero-order valence-electron chi connectivity index (χ0n) is 10.3. The Morgan fingerprint density at radius 3 is 2.47 bits per heavy atom. The van der Waals surface area contributed by atoms with E-state index in [-0.39, 0.29) is 6.04 Å². The van der Waals surface area contributed by atoms with Gasteiger partial charge in [-0.15, -0.1) is 0 Å². The zero-order valence-corrected chi connectivity index (χ0v) is 13.6. The quantitative estimate of drug-likeness (QED) is 0.827. The minimum atomic E-state index is -3.47. The van der Waals surface area contributed by atoms with Gasteiger partial charge in [0.1, 0.15) is 0 Å². The predicted octanol–water partition coefficient (Wildman–Crippen LogP) is 3.68. The third-order valence-electron chi connectivity index (χ3n) is 2.76. The number of sulfonamides is 1. The van der Waals surface area contributed by atoms with Crippen molar-refractivity contribution in [2.24, 2.45) is 0 Å². The molecule has 1 N–H and O–H groups in total. The van der Waals surface area contributed by atoms with E-state index in [0.717, 1.165) is 11.1 Å². The molecule has 2 aromatic rings. The van der Waals surface area contributed by atoms with E-state index in [1.165, 1.54) is 0 Å². The first kappa shape index (κ1) is 14.7. The Kier molecular flexibility index (Phi) is 4.78. The van der Waals surface area contributed by atoms with Gasteiger partial charge < -0.3 is 0 Å². The molecule has 3 nitrogen and oxygen atoms in total. The van der Waals surface area contributed by atoms with Crippen LogP contribution in [-0.4, -0.2) is 8.42 Å². The van der Waals surface area contributed by atoms with Crippen molar-refractivity contribution in [1.82, 2.24) is 4.72 Å². The molecule has 1 atom stereocenters. The van der Waals surface area contributed by atoms with Crippen molar-refractivity contribution in [3.05, 3.63) is 52.2 Å². The van der Waals surface area contributed by atoms with Crippen molar-refractivity contribution in [1.29, 1.82) is 0 Å². The maximum atomic E-state index is 12.2. The monoisotopic (exact) mass is 359 g/mol. The molecule has 19 heavy (non-hydrogen) atoms. The molecule has 0 aliphatic carbocycles. The Morgan fingerprint density at radius 2 is 1.95 bits per heavy atom. The van der Waals surface area contributed by atoms with Gasteiger partial charge in [-0.3, -0.25) is 0 Å². The highest BCUT2D eigenvalue weighted by molar-refractivity contribution is 9.08. The average molecular weight is 360 g/mol. The normalized spacial score (nSPS) is 13.4. The van der Waals surface area contributed by atoms with Crippen molar-refractivity contribution in [3.8, 4) is 0 Å². The molecule has 1 unspecified atom stereocenters. The third kappa shape index (κ3) is 3.66. The van der Waals surface area contributed by atoms with Crippen molar-refractivity contribution in [2.75, 3.05) is 0 Å². The summed E-state index contributed by atoms with van der Waals surface area (Å²) in [4.78, 5) is 0.291. The topological polar surface area (TPSA) is 46.2 Å². The average Bonchev–Trinajstić information content (AvgIpc) is 2.92. The molecule has 0 bridgehead atoms. The van der Waals surface area contributed by atoms with E-state index in [2.05, 4.69) is 20.7 Å². The van der Waals surface area contributed by atoms with E-state index in [9.17, 15) is 8.42 Å². The fraction of sp³-hybridized carbons (Fsp3) is 0.231. The maximum absolute atomic E-state index is 12.2. The van der Waals surface area contributed by atoms with Crippen LogP contribution in [0.25, 0.3) is 0 Å². The van der Waals surface area contributed by atoms with Gasteiger partial charge in [-0.25, -0.2) is 13.1 Å². The lowest BCUT2D eigenvalue weighted by atomic mass is 10.2. The number of halogens is 1. The summed E-state index contributed by atoms with van der Waals surface area (Å²) in [7, 11) is -3.47. The molecule has 102 valence electrons. The van der Waals surface area contributed by atoms with Gasteiger partial charge in [0.15, 0.2) is 0 Å². The summed E-state index contributed by atoms with van der Waals surface area (Å²) in [6, 6.07) is 8.55. The van der Waals surface area contributed by atoms with Gasteiger partial charge in [0.25, 0.3) is 0 Å². The molecule has 1 aromatic heterocycles. The largest absolute Gasteiger partial charge is 0.241 e. The van der Waals surface area contributed by atoms with Gasteiger partial charge >= 0.3 is 0 Å². The van der Waals surface area contributed by atoms with Crippen LogP contribution in [0.15, 0.2) is 46.0 Å². The van der Waals surface area contributed by atoms with Gasteiger partial charge in [-0.1, -0.05) is 28.1 Å². The summed E-state index contributed by atoms with van der Waals surface area (Å²) in [5.74, 6) is 0. The lowest BCUT2D eigenvalue weighted by Crippen LogP contribution is -2.26. The van der Waals surface area contributed by atoms with Crippen LogP contribution in [-0.2, 0) is 15.4 Å². The van der Waals surface area contributed by atoms with E-state index in [4.69, 9.17) is 0 Å². The number of hydrogen-bond donors (Lipinski definition) is 1. The summed E-state index contributed by atoms with van der Waals surface area (Å²) >= 11 is 4.89. The Morgan fingerprint density at radius 1 is 1.26 bits per heavy atom. The molecule has 0 amide bonds. The first-order valence-electron chi connectivity index (χ1n) is 5.72. The van der Waals surface area contributed by atoms with E-state index in [0.29, 0.717) is 10.2 Å². The molecule has 0 saturated heterocycles. The molecular formula is C13H14BrNO2S2. The number of alkyl halides is 1. The smallest absolute Gasteiger partial charge is 0.207 e. The van der Waals surface area contributed by atoms with Crippen LogP contribution in [0.5, 0.6) is 0 Å². The second kappa shape index (κ2) is 6.17. The first-order chi connectivity index (χ1) is 9.03. The van der Waals surface area contributed by atoms with E-state index >= 15 is 0 Å². The number of rotatable bonds is 5. The Hall–Kier alpha value is -0.690. The van der Waals surface area contributed by atoms with E-state index in [1.807, 2.05) is 23.8 Å². The van der Waals surface area contributed by atoms with Crippen LogP contribution in [0.3, 0.4) is 0 Å². The molecule has 0 spiro atoms. The van der Waals surface area contributed by atoms with E-state index < -0.39 is 10.0 Å². The van der Waals surface area contributed by atoms with Crippen LogP contribution >= 0.6 is 27.3 Å². The van der Waals surface area contributed by atoms with Crippen molar-refractivity contribution in [3.63, 3.8) is 0 Å². The summed E-state index contributed by atoms with van der Waals surface area (Å²) in [5.41, 5.74) is 2.02. The fourth-order valence-corrected chi connectivity index (χ4v) is 4.01. The molecule has 0 aliphatic heterocycles. The molecular weight excluding hydrogens is 346 g/mol. The van der Waals surface area contributed by atoms with Gasteiger partial charge in [0, 0.05) is 11.4 Å². The van der Waals surface area contributed by atoms with Crippen LogP contribution in [0.2, 0.25) is 0 Å². The predicted molar refractivity (Wildman–Crippen MR) is 82.1 cm³/mol. The van der Waals surface area contributed by atoms with Crippen molar-refractivity contribution in [2.45, 2.75) is 23.2 Å².